The van der Waals surface area contributed by atoms with Crippen LogP contribution < -0.4 is 5.32 Å². The van der Waals surface area contributed by atoms with Gasteiger partial charge >= 0.3 is 0 Å². The Hall–Kier alpha value is -1.07. The normalized spacial score (nSPS) is 11.4. The van der Waals surface area contributed by atoms with E-state index in [0.717, 1.165) is 31.9 Å². The highest BCUT2D eigenvalue weighted by atomic mass is 32.2. The smallest absolute Gasteiger partial charge is 0.178 e. The third kappa shape index (κ3) is 4.66. The van der Waals surface area contributed by atoms with Crippen molar-refractivity contribution in [2.24, 2.45) is 0 Å². The maximum atomic E-state index is 11.6. The lowest BCUT2D eigenvalue weighted by atomic mass is 10.3. The van der Waals surface area contributed by atoms with Crippen LogP contribution in [0.5, 0.6) is 0 Å². The van der Waals surface area contributed by atoms with Gasteiger partial charge in [0.2, 0.25) is 0 Å². The van der Waals surface area contributed by atoms with E-state index in [2.05, 4.69) is 5.32 Å². The van der Waals surface area contributed by atoms with E-state index in [1.54, 1.807) is 31.2 Å². The van der Waals surface area contributed by atoms with Crippen LogP contribution in [0.1, 0.15) is 20.3 Å². The first kappa shape index (κ1) is 15.0. The fourth-order valence-corrected chi connectivity index (χ4v) is 2.38. The van der Waals surface area contributed by atoms with Gasteiger partial charge < -0.3 is 10.1 Å². The third-order valence-corrected chi connectivity index (χ3v) is 4.34. The molecule has 0 aliphatic rings. The zero-order valence-electron chi connectivity index (χ0n) is 11.0. The second-order valence-electron chi connectivity index (χ2n) is 3.91. The zero-order chi connectivity index (χ0) is 13.4. The Labute approximate surface area is 109 Å². The Morgan fingerprint density at radius 3 is 2.39 bits per heavy atom. The fraction of sp³-hybridized carbons (Fsp3) is 0.538. The lowest BCUT2D eigenvalue weighted by molar-refractivity contribution is 0.147. The van der Waals surface area contributed by atoms with Gasteiger partial charge in [-0.05, 0) is 37.6 Å². The van der Waals surface area contributed by atoms with E-state index in [4.69, 9.17) is 4.74 Å². The van der Waals surface area contributed by atoms with Crippen LogP contribution in [-0.4, -0.2) is 33.9 Å². The summed E-state index contributed by atoms with van der Waals surface area (Å²) in [7, 11) is -3.10. The Morgan fingerprint density at radius 2 is 1.83 bits per heavy atom. The highest BCUT2D eigenvalue weighted by Gasteiger charge is 2.10. The first-order chi connectivity index (χ1) is 8.60. The van der Waals surface area contributed by atoms with Crippen molar-refractivity contribution in [1.82, 2.24) is 0 Å². The van der Waals surface area contributed by atoms with Crippen molar-refractivity contribution < 1.29 is 13.2 Å². The molecule has 18 heavy (non-hydrogen) atoms. The Balaban J connectivity index is 2.46. The minimum atomic E-state index is -3.10. The number of rotatable bonds is 8. The Morgan fingerprint density at radius 1 is 1.17 bits per heavy atom. The van der Waals surface area contributed by atoms with Crippen molar-refractivity contribution >= 4 is 15.5 Å². The second-order valence-corrected chi connectivity index (χ2v) is 6.18. The molecule has 0 spiro atoms. The van der Waals surface area contributed by atoms with Gasteiger partial charge in [-0.25, -0.2) is 8.42 Å². The van der Waals surface area contributed by atoms with Crippen LogP contribution in [0.25, 0.3) is 0 Å². The molecule has 1 N–H and O–H groups in total. The van der Waals surface area contributed by atoms with Gasteiger partial charge in [0, 0.05) is 25.4 Å². The van der Waals surface area contributed by atoms with Crippen molar-refractivity contribution in [3.8, 4) is 0 Å². The summed E-state index contributed by atoms with van der Waals surface area (Å²) in [6, 6.07) is 6.87. The maximum absolute atomic E-state index is 11.6. The molecule has 0 bridgehead atoms. The SMILES string of the molecule is CCOCCCNc1ccc(S(=O)(=O)CC)cc1. The third-order valence-electron chi connectivity index (χ3n) is 2.59. The molecule has 1 aromatic carbocycles. The molecule has 1 rings (SSSR count). The van der Waals surface area contributed by atoms with Gasteiger partial charge in [-0.2, -0.15) is 0 Å². The molecule has 0 saturated heterocycles. The largest absolute Gasteiger partial charge is 0.385 e. The molecule has 0 unspecified atom stereocenters. The lowest BCUT2D eigenvalue weighted by Gasteiger charge is -2.07. The van der Waals surface area contributed by atoms with E-state index < -0.39 is 9.84 Å². The Bertz CT molecular complexity index is 440. The number of benzene rings is 1. The van der Waals surface area contributed by atoms with Gasteiger partial charge in [0.25, 0.3) is 0 Å². The molecule has 0 atom stereocenters. The summed E-state index contributed by atoms with van der Waals surface area (Å²) in [5.74, 6) is 0.133. The predicted molar refractivity (Wildman–Crippen MR) is 73.8 cm³/mol. The van der Waals surface area contributed by atoms with E-state index in [1.165, 1.54) is 0 Å². The van der Waals surface area contributed by atoms with Gasteiger partial charge in [-0.3, -0.25) is 0 Å². The maximum Gasteiger partial charge on any atom is 0.178 e. The average molecular weight is 271 g/mol. The molecule has 0 aliphatic carbocycles. The van der Waals surface area contributed by atoms with Crippen molar-refractivity contribution in [3.63, 3.8) is 0 Å². The molecule has 0 amide bonds. The average Bonchev–Trinajstić information content (AvgIpc) is 2.39. The van der Waals surface area contributed by atoms with Gasteiger partial charge in [0.05, 0.1) is 10.6 Å². The molecular formula is C13H21NO3S. The van der Waals surface area contributed by atoms with Gasteiger partial charge in [-0.1, -0.05) is 6.92 Å². The lowest BCUT2D eigenvalue weighted by Crippen LogP contribution is -2.06. The molecule has 0 aromatic heterocycles. The quantitative estimate of drug-likeness (QED) is 0.737. The highest BCUT2D eigenvalue weighted by Crippen LogP contribution is 2.15. The van der Waals surface area contributed by atoms with Crippen LogP contribution in [0.15, 0.2) is 29.2 Å². The summed E-state index contributed by atoms with van der Waals surface area (Å²) >= 11 is 0. The van der Waals surface area contributed by atoms with Crippen LogP contribution in [0.3, 0.4) is 0 Å². The van der Waals surface area contributed by atoms with Crippen LogP contribution in [0.2, 0.25) is 0 Å². The van der Waals surface area contributed by atoms with Crippen molar-refractivity contribution in [1.29, 1.82) is 0 Å². The summed E-state index contributed by atoms with van der Waals surface area (Å²) in [4.78, 5) is 0.380. The number of hydrogen-bond acceptors (Lipinski definition) is 4. The van der Waals surface area contributed by atoms with E-state index in [1.807, 2.05) is 6.92 Å². The van der Waals surface area contributed by atoms with E-state index in [9.17, 15) is 8.42 Å². The molecule has 0 heterocycles. The minimum absolute atomic E-state index is 0.133. The molecule has 1 aromatic rings. The number of anilines is 1. The van der Waals surface area contributed by atoms with Crippen LogP contribution in [0.4, 0.5) is 5.69 Å². The van der Waals surface area contributed by atoms with Gasteiger partial charge in [0.15, 0.2) is 9.84 Å². The van der Waals surface area contributed by atoms with E-state index >= 15 is 0 Å². The van der Waals surface area contributed by atoms with E-state index in [0.29, 0.717) is 4.90 Å². The number of sulfone groups is 1. The molecule has 0 aliphatic heterocycles. The van der Waals surface area contributed by atoms with Crippen molar-refractivity contribution in [2.75, 3.05) is 30.8 Å². The number of hydrogen-bond donors (Lipinski definition) is 1. The number of ether oxygens (including phenoxy) is 1. The summed E-state index contributed by atoms with van der Waals surface area (Å²) in [6.45, 7) is 5.92. The standard InChI is InChI=1S/C13H21NO3S/c1-3-17-11-5-10-14-12-6-8-13(9-7-12)18(15,16)4-2/h6-9,14H,3-5,10-11H2,1-2H3. The van der Waals surface area contributed by atoms with Crippen LogP contribution in [-0.2, 0) is 14.6 Å². The van der Waals surface area contributed by atoms with Gasteiger partial charge in [0.1, 0.15) is 0 Å². The van der Waals surface area contributed by atoms with Gasteiger partial charge in [-0.15, -0.1) is 0 Å². The Kier molecular flexibility index (Phi) is 6.15. The molecule has 4 nitrogen and oxygen atoms in total. The highest BCUT2D eigenvalue weighted by molar-refractivity contribution is 7.91. The summed E-state index contributed by atoms with van der Waals surface area (Å²) < 4.78 is 28.4. The first-order valence-electron chi connectivity index (χ1n) is 6.24. The molecule has 5 heteroatoms. The van der Waals surface area contributed by atoms with Crippen molar-refractivity contribution in [2.45, 2.75) is 25.2 Å². The molecular weight excluding hydrogens is 250 g/mol. The molecule has 0 fully saturated rings. The van der Waals surface area contributed by atoms with E-state index in [-0.39, 0.29) is 5.75 Å². The minimum Gasteiger partial charge on any atom is -0.385 e. The topological polar surface area (TPSA) is 55.4 Å². The van der Waals surface area contributed by atoms with Crippen LogP contribution >= 0.6 is 0 Å². The van der Waals surface area contributed by atoms with Crippen molar-refractivity contribution in [3.05, 3.63) is 24.3 Å². The molecule has 0 radical (unpaired) electrons. The predicted octanol–water partition coefficient (Wildman–Crippen LogP) is 2.32. The summed E-state index contributed by atoms with van der Waals surface area (Å²) in [5, 5.41) is 3.23. The fourth-order valence-electron chi connectivity index (χ4n) is 1.50. The second kappa shape index (κ2) is 7.38. The number of nitrogens with one attached hydrogen (secondary N) is 1. The van der Waals surface area contributed by atoms with Crippen LogP contribution in [0, 0.1) is 0 Å². The molecule has 0 saturated carbocycles. The zero-order valence-corrected chi connectivity index (χ0v) is 11.8. The summed E-state index contributed by atoms with van der Waals surface area (Å²) in [6.07, 6.45) is 0.933. The monoisotopic (exact) mass is 271 g/mol. The summed E-state index contributed by atoms with van der Waals surface area (Å²) in [5.41, 5.74) is 0.932. The molecule has 102 valence electrons. The first-order valence-corrected chi connectivity index (χ1v) is 7.89.